The van der Waals surface area contributed by atoms with Crippen LogP contribution in [0.25, 0.3) is 5.69 Å². The van der Waals surface area contributed by atoms with Gasteiger partial charge in [0, 0.05) is 17.8 Å². The number of para-hydroxylation sites is 1. The molecule has 0 aliphatic carbocycles. The Morgan fingerprint density at radius 1 is 1.05 bits per heavy atom. The zero-order valence-corrected chi connectivity index (χ0v) is 10.1. The van der Waals surface area contributed by atoms with Gasteiger partial charge in [-0.3, -0.25) is 4.57 Å². The lowest BCUT2D eigenvalue weighted by Crippen LogP contribution is -2.06. The van der Waals surface area contributed by atoms with Crippen molar-refractivity contribution in [1.82, 2.24) is 14.5 Å². The van der Waals surface area contributed by atoms with E-state index in [2.05, 4.69) is 26.7 Å². The van der Waals surface area contributed by atoms with Gasteiger partial charge >= 0.3 is 0 Å². The quantitative estimate of drug-likeness (QED) is 0.701. The molecule has 1 aliphatic heterocycles. The van der Waals surface area contributed by atoms with Crippen molar-refractivity contribution in [1.29, 1.82) is 0 Å². The number of ether oxygens (including phenoxy) is 1. The van der Waals surface area contributed by atoms with E-state index in [-0.39, 0.29) is 6.10 Å². The minimum atomic E-state index is -0.145. The van der Waals surface area contributed by atoms with Gasteiger partial charge < -0.3 is 4.74 Å². The third kappa shape index (κ3) is 1.53. The summed E-state index contributed by atoms with van der Waals surface area (Å²) in [5.41, 5.74) is 3.30. The average molecular weight is 249 g/mol. The second-order valence-electron chi connectivity index (χ2n) is 4.41. The third-order valence-electron chi connectivity index (χ3n) is 3.29. The monoisotopic (exact) mass is 249 g/mol. The summed E-state index contributed by atoms with van der Waals surface area (Å²) < 4.78 is 8.07. The highest BCUT2D eigenvalue weighted by atomic mass is 16.5. The smallest absolute Gasteiger partial charge is 0.214 e. The first-order chi connectivity index (χ1) is 9.43. The maximum absolute atomic E-state index is 6.01. The molecule has 4 heteroatoms. The molecular formula is C15H11N3O. The molecule has 3 heterocycles. The van der Waals surface area contributed by atoms with Crippen molar-refractivity contribution < 1.29 is 4.74 Å². The molecule has 4 rings (SSSR count). The van der Waals surface area contributed by atoms with Gasteiger partial charge in [0.25, 0.3) is 0 Å². The van der Waals surface area contributed by atoms with Crippen LogP contribution in [0.4, 0.5) is 0 Å². The van der Waals surface area contributed by atoms with Crippen molar-refractivity contribution in [3.8, 4) is 11.6 Å². The van der Waals surface area contributed by atoms with Crippen LogP contribution in [0.1, 0.15) is 17.4 Å². The number of fused-ring (bicyclic) bond motifs is 3. The van der Waals surface area contributed by atoms with E-state index in [1.54, 1.807) is 6.20 Å². The largest absolute Gasteiger partial charge is 0.463 e. The number of nitrogens with zero attached hydrogens (tertiary/aromatic N) is 3. The van der Waals surface area contributed by atoms with Crippen LogP contribution in [0.15, 0.2) is 61.2 Å². The number of pyridine rings is 1. The average Bonchev–Trinajstić information content (AvgIpc) is 3.04. The van der Waals surface area contributed by atoms with E-state index in [0.717, 1.165) is 16.9 Å². The summed E-state index contributed by atoms with van der Waals surface area (Å²) >= 11 is 0. The Labute approximate surface area is 110 Å². The summed E-state index contributed by atoms with van der Waals surface area (Å²) in [6.45, 7) is 0. The molecule has 0 N–H and O–H groups in total. The van der Waals surface area contributed by atoms with Crippen LogP contribution in [-0.4, -0.2) is 14.5 Å². The van der Waals surface area contributed by atoms with Crippen LogP contribution in [0, 0.1) is 0 Å². The zero-order chi connectivity index (χ0) is 12.7. The zero-order valence-electron chi connectivity index (χ0n) is 10.1. The van der Waals surface area contributed by atoms with E-state index in [4.69, 9.17) is 4.74 Å². The molecule has 1 unspecified atom stereocenters. The Hall–Kier alpha value is -2.62. The van der Waals surface area contributed by atoms with Gasteiger partial charge in [-0.2, -0.15) is 0 Å². The first kappa shape index (κ1) is 10.3. The number of aromatic nitrogens is 3. The molecule has 0 bridgehead atoms. The van der Waals surface area contributed by atoms with Crippen molar-refractivity contribution in [2.24, 2.45) is 0 Å². The van der Waals surface area contributed by atoms with E-state index >= 15 is 0 Å². The van der Waals surface area contributed by atoms with E-state index in [0.29, 0.717) is 5.88 Å². The van der Waals surface area contributed by atoms with Crippen molar-refractivity contribution >= 4 is 0 Å². The first-order valence-corrected chi connectivity index (χ1v) is 6.13. The Morgan fingerprint density at radius 2 is 1.95 bits per heavy atom. The number of hydrogen-bond acceptors (Lipinski definition) is 3. The normalized spacial score (nSPS) is 15.9. The van der Waals surface area contributed by atoms with Crippen LogP contribution in [0.5, 0.6) is 5.88 Å². The lowest BCUT2D eigenvalue weighted by molar-refractivity contribution is 0.238. The van der Waals surface area contributed by atoms with Gasteiger partial charge in [-0.15, -0.1) is 0 Å². The Morgan fingerprint density at radius 3 is 2.84 bits per heavy atom. The van der Waals surface area contributed by atoms with E-state index < -0.39 is 0 Å². The van der Waals surface area contributed by atoms with Crippen molar-refractivity contribution in [3.05, 3.63) is 72.4 Å². The maximum atomic E-state index is 6.01. The van der Waals surface area contributed by atoms with Gasteiger partial charge in [-0.05, 0) is 12.1 Å². The van der Waals surface area contributed by atoms with Crippen molar-refractivity contribution in [2.45, 2.75) is 6.10 Å². The van der Waals surface area contributed by atoms with E-state index in [1.807, 2.05) is 42.9 Å². The van der Waals surface area contributed by atoms with Gasteiger partial charge in [0.05, 0.1) is 23.9 Å². The molecule has 19 heavy (non-hydrogen) atoms. The Kier molecular flexibility index (Phi) is 2.14. The highest BCUT2D eigenvalue weighted by Crippen LogP contribution is 2.38. The molecule has 0 radical (unpaired) electrons. The van der Waals surface area contributed by atoms with Gasteiger partial charge in [-0.1, -0.05) is 24.3 Å². The molecule has 0 spiro atoms. The lowest BCUT2D eigenvalue weighted by atomic mass is 10.1. The molecule has 0 saturated heterocycles. The summed E-state index contributed by atoms with van der Waals surface area (Å²) in [7, 11) is 0. The van der Waals surface area contributed by atoms with Crippen LogP contribution >= 0.6 is 0 Å². The minimum absolute atomic E-state index is 0.145. The fraction of sp³-hybridized carbons (Fsp3) is 0.0667. The molecule has 1 aliphatic rings. The molecule has 1 aromatic carbocycles. The molecule has 92 valence electrons. The Bertz CT molecular complexity index is 721. The summed E-state index contributed by atoms with van der Waals surface area (Å²) in [5.74, 6) is 0.622. The SMILES string of the molecule is c1ccc(OC2c3ccccc3-n3cncc32)nc1. The van der Waals surface area contributed by atoms with E-state index in [1.165, 1.54) is 0 Å². The highest BCUT2D eigenvalue weighted by Gasteiger charge is 2.30. The van der Waals surface area contributed by atoms with Crippen LogP contribution in [-0.2, 0) is 0 Å². The first-order valence-electron chi connectivity index (χ1n) is 6.13. The predicted octanol–water partition coefficient (Wildman–Crippen LogP) is 2.75. The number of benzene rings is 1. The van der Waals surface area contributed by atoms with E-state index in [9.17, 15) is 0 Å². The van der Waals surface area contributed by atoms with Crippen LogP contribution in [0.2, 0.25) is 0 Å². The number of hydrogen-bond donors (Lipinski definition) is 0. The molecule has 1 atom stereocenters. The summed E-state index contributed by atoms with van der Waals surface area (Å²) in [6, 6.07) is 13.8. The Balaban J connectivity index is 1.81. The second kappa shape index (κ2) is 3.95. The second-order valence-corrected chi connectivity index (χ2v) is 4.41. The summed E-state index contributed by atoms with van der Waals surface area (Å²) in [5, 5.41) is 0. The molecule has 0 saturated carbocycles. The van der Waals surface area contributed by atoms with Gasteiger partial charge in [0.1, 0.15) is 0 Å². The lowest BCUT2D eigenvalue weighted by Gasteiger charge is -2.13. The fourth-order valence-electron chi connectivity index (χ4n) is 2.45. The molecular weight excluding hydrogens is 238 g/mol. The third-order valence-corrected chi connectivity index (χ3v) is 3.29. The number of rotatable bonds is 2. The molecule has 4 nitrogen and oxygen atoms in total. The van der Waals surface area contributed by atoms with Gasteiger partial charge in [0.2, 0.25) is 5.88 Å². The molecule has 2 aromatic heterocycles. The molecule has 0 fully saturated rings. The van der Waals surface area contributed by atoms with Crippen LogP contribution < -0.4 is 4.74 Å². The molecule has 3 aromatic rings. The summed E-state index contributed by atoms with van der Waals surface area (Å²) in [4.78, 5) is 8.42. The van der Waals surface area contributed by atoms with Crippen molar-refractivity contribution in [3.63, 3.8) is 0 Å². The maximum Gasteiger partial charge on any atom is 0.214 e. The van der Waals surface area contributed by atoms with Crippen LogP contribution in [0.3, 0.4) is 0 Å². The van der Waals surface area contributed by atoms with Gasteiger partial charge in [-0.25, -0.2) is 9.97 Å². The van der Waals surface area contributed by atoms with Crippen molar-refractivity contribution in [2.75, 3.05) is 0 Å². The number of imidazole rings is 1. The fourth-order valence-corrected chi connectivity index (χ4v) is 2.45. The van der Waals surface area contributed by atoms with Gasteiger partial charge in [0.15, 0.2) is 6.10 Å². The summed E-state index contributed by atoms with van der Waals surface area (Å²) in [6.07, 6.45) is 5.24. The minimum Gasteiger partial charge on any atom is -0.463 e. The topological polar surface area (TPSA) is 39.9 Å². The molecule has 0 amide bonds. The highest BCUT2D eigenvalue weighted by molar-refractivity contribution is 5.52. The standard InChI is InChI=1S/C15H11N3O/c1-2-6-12-11(5-1)15(13-9-16-10-18(12)13)19-14-7-3-4-8-17-14/h1-10,15H. The predicted molar refractivity (Wildman–Crippen MR) is 70.3 cm³/mol.